The van der Waals surface area contributed by atoms with E-state index in [0.29, 0.717) is 0 Å². The third-order valence-electron chi connectivity index (χ3n) is 6.70. The molecule has 0 radical (unpaired) electrons. The Balaban J connectivity index is 0. The molecule has 3 aromatic carbocycles. The largest absolute Gasteiger partial charge is 2.00 e. The minimum Gasteiger partial charge on any atom is -1.00 e. The summed E-state index contributed by atoms with van der Waals surface area (Å²) >= 11 is 0. The van der Waals surface area contributed by atoms with Crippen molar-refractivity contribution < 1.29 is 51.0 Å². The molecule has 0 aliphatic heterocycles. The molecular weight excluding hydrogens is 607 g/mol. The predicted octanol–water partition coefficient (Wildman–Crippen LogP) is 5.06. The van der Waals surface area contributed by atoms with Crippen LogP contribution in [0.5, 0.6) is 0 Å². The van der Waals surface area contributed by atoms with Crippen molar-refractivity contribution in [2.24, 2.45) is 0 Å². The number of aryl methyl sites for hydroxylation is 2. The normalized spacial score (nSPS) is 10.1. The fourth-order valence-electron chi connectivity index (χ4n) is 4.78. The number of rotatable bonds is 14. The smallest absolute Gasteiger partial charge is 1.00 e. The fourth-order valence-corrected chi connectivity index (χ4v) is 4.78. The zero-order valence-electron chi connectivity index (χ0n) is 24.9. The quantitative estimate of drug-likeness (QED) is 0.101. The van der Waals surface area contributed by atoms with E-state index in [9.17, 15) is 0 Å². The third kappa shape index (κ3) is 16.2. The molecule has 0 heterocycles. The molecule has 0 bridgehead atoms. The van der Waals surface area contributed by atoms with E-state index in [4.69, 9.17) is 0 Å². The number of halogens is 2. The Morgan fingerprint density at radius 3 is 1.88 bits per heavy atom. The molecule has 40 heavy (non-hydrogen) atoms. The molecule has 0 aromatic heterocycles. The number of fused-ring (bicyclic) bond motifs is 3. The Kier molecular flexibility index (Phi) is 27.2. The van der Waals surface area contributed by atoms with Crippen molar-refractivity contribution in [3.63, 3.8) is 0 Å². The maximum absolute atomic E-state index is 3.80. The van der Waals surface area contributed by atoms with Crippen LogP contribution in [0.1, 0.15) is 100 Å². The molecule has 218 valence electrons. The average Bonchev–Trinajstić information content (AvgIpc) is 3.60. The molecule has 0 nitrogen and oxygen atoms in total. The Bertz CT molecular complexity index is 922. The van der Waals surface area contributed by atoms with Gasteiger partial charge in [0.1, 0.15) is 0 Å². The summed E-state index contributed by atoms with van der Waals surface area (Å²) in [5, 5.41) is 0. The first-order valence-corrected chi connectivity index (χ1v) is 14.5. The molecular formula is C37H49Cl2Zr-3. The minimum absolute atomic E-state index is 0. The molecule has 0 saturated carbocycles. The summed E-state index contributed by atoms with van der Waals surface area (Å²) in [7, 11) is 0. The van der Waals surface area contributed by atoms with Gasteiger partial charge in [-0.05, 0) is 56.1 Å². The van der Waals surface area contributed by atoms with Crippen molar-refractivity contribution in [1.29, 1.82) is 0 Å². The van der Waals surface area contributed by atoms with Crippen LogP contribution >= 0.6 is 0 Å². The first-order valence-electron chi connectivity index (χ1n) is 14.5. The summed E-state index contributed by atoms with van der Waals surface area (Å²) in [6, 6.07) is 25.5. The Morgan fingerprint density at radius 1 is 0.775 bits per heavy atom. The van der Waals surface area contributed by atoms with Crippen molar-refractivity contribution in [2.75, 3.05) is 0 Å². The molecule has 3 aromatic rings. The second kappa shape index (κ2) is 26.6. The summed E-state index contributed by atoms with van der Waals surface area (Å²) in [5.41, 5.74) is 8.64. The van der Waals surface area contributed by atoms with E-state index in [1.54, 1.807) is 0 Å². The zero-order valence-corrected chi connectivity index (χ0v) is 28.8. The van der Waals surface area contributed by atoms with Crippen LogP contribution in [0.15, 0.2) is 86.0 Å². The van der Waals surface area contributed by atoms with Crippen molar-refractivity contribution in [3.8, 4) is 11.1 Å². The average molecular weight is 656 g/mol. The van der Waals surface area contributed by atoms with Gasteiger partial charge in [0.2, 0.25) is 0 Å². The van der Waals surface area contributed by atoms with E-state index in [-0.39, 0.29) is 51.0 Å². The van der Waals surface area contributed by atoms with Gasteiger partial charge in [-0.1, -0.05) is 74.4 Å². The molecule has 1 aliphatic carbocycles. The van der Waals surface area contributed by atoms with Crippen LogP contribution in [-0.2, 0) is 45.5 Å². The van der Waals surface area contributed by atoms with Gasteiger partial charge in [-0.3, -0.25) is 0 Å². The van der Waals surface area contributed by atoms with Crippen molar-refractivity contribution in [1.82, 2.24) is 0 Å². The van der Waals surface area contributed by atoms with E-state index < -0.39 is 0 Å². The van der Waals surface area contributed by atoms with Crippen LogP contribution in [-0.4, -0.2) is 0 Å². The third-order valence-corrected chi connectivity index (χ3v) is 6.70. The molecule has 0 N–H and O–H groups in total. The first-order chi connectivity index (χ1) is 18.2. The standard InChI is InChI=1S/C29H37.C5H5.C3H7.2ClH.Zr/c1-3-5-7-9-11-13-15-24-17-19-28-26(21-24)23-27-22-25(18-20-29(27)28)16-14-12-10-8-6-4-2;1-2-4-5-3-1;1-3-2;;;/h3-4,17-21H,1-2,5-16,23H2;1-5H;3H,1-2H3;2*1H;/q3*-1;;;+2/p-2. The summed E-state index contributed by atoms with van der Waals surface area (Å²) < 4.78 is 0. The zero-order chi connectivity index (χ0) is 26.6. The van der Waals surface area contributed by atoms with Gasteiger partial charge in [-0.15, -0.1) is 24.3 Å². The molecule has 0 spiro atoms. The second-order valence-corrected chi connectivity index (χ2v) is 10.1. The monoisotopic (exact) mass is 653 g/mol. The van der Waals surface area contributed by atoms with Crippen LogP contribution < -0.4 is 24.8 Å². The second-order valence-electron chi connectivity index (χ2n) is 10.1. The summed E-state index contributed by atoms with van der Waals surface area (Å²) in [5.74, 6) is 0. The number of unbranched alkanes of at least 4 members (excludes halogenated alkanes) is 8. The van der Waals surface area contributed by atoms with Crippen molar-refractivity contribution in [3.05, 3.63) is 121 Å². The van der Waals surface area contributed by atoms with Crippen LogP contribution in [0, 0.1) is 12.5 Å². The number of hydrogen-bond acceptors (Lipinski definition) is 0. The molecule has 0 fully saturated rings. The van der Waals surface area contributed by atoms with Gasteiger partial charge in [0, 0.05) is 0 Å². The van der Waals surface area contributed by atoms with E-state index in [1.165, 1.54) is 91.2 Å². The van der Waals surface area contributed by atoms with Gasteiger partial charge in [0.05, 0.1) is 0 Å². The van der Waals surface area contributed by atoms with Crippen LogP contribution in [0.4, 0.5) is 0 Å². The van der Waals surface area contributed by atoms with Gasteiger partial charge in [-0.2, -0.15) is 55.8 Å². The summed E-state index contributed by atoms with van der Waals surface area (Å²) in [6.45, 7) is 11.6. The molecule has 0 unspecified atom stereocenters. The Labute approximate surface area is 278 Å². The molecule has 4 rings (SSSR count). The van der Waals surface area contributed by atoms with Gasteiger partial charge < -0.3 is 31.2 Å². The first kappa shape index (κ1) is 40.9. The van der Waals surface area contributed by atoms with Crippen molar-refractivity contribution >= 4 is 0 Å². The van der Waals surface area contributed by atoms with E-state index >= 15 is 0 Å². The van der Waals surface area contributed by atoms with Gasteiger partial charge in [0.25, 0.3) is 0 Å². The minimum atomic E-state index is 0. The molecule has 1 aliphatic rings. The van der Waals surface area contributed by atoms with E-state index in [1.807, 2.05) is 62.8 Å². The predicted molar refractivity (Wildman–Crippen MR) is 165 cm³/mol. The summed E-state index contributed by atoms with van der Waals surface area (Å²) in [6.07, 6.45) is 22.2. The molecule has 0 amide bonds. The van der Waals surface area contributed by atoms with Gasteiger partial charge in [0.15, 0.2) is 0 Å². The van der Waals surface area contributed by atoms with Crippen LogP contribution in [0.2, 0.25) is 0 Å². The van der Waals surface area contributed by atoms with Crippen molar-refractivity contribution in [2.45, 2.75) is 97.3 Å². The number of benzene rings is 2. The SMILES string of the molecule is C=CCCCCCCc1[c-]c2c(cc1)-c1ccc(CCCCCCC=C)cc1C2.C[CH-]C.[Cl-].[Cl-].[Zr+2].c1cc[cH-]c1. The molecule has 3 heteroatoms. The maximum atomic E-state index is 3.80. The fraction of sp³-hybridized carbons (Fsp3) is 0.405. The Morgan fingerprint density at radius 2 is 1.32 bits per heavy atom. The number of allylic oxidation sites excluding steroid dienone is 2. The maximum Gasteiger partial charge on any atom is 2.00 e. The van der Waals surface area contributed by atoms with Crippen LogP contribution in [0.25, 0.3) is 11.1 Å². The van der Waals surface area contributed by atoms with E-state index in [0.717, 1.165) is 25.7 Å². The molecule has 0 atom stereocenters. The topological polar surface area (TPSA) is 0 Å². The van der Waals surface area contributed by atoms with Gasteiger partial charge >= 0.3 is 26.2 Å². The van der Waals surface area contributed by atoms with Crippen LogP contribution in [0.3, 0.4) is 0 Å². The summed E-state index contributed by atoms with van der Waals surface area (Å²) in [4.78, 5) is 0. The number of hydrogen-bond donors (Lipinski definition) is 0. The Hall–Kier alpha value is -1.27. The van der Waals surface area contributed by atoms with E-state index in [2.05, 4.69) is 49.6 Å². The molecule has 0 saturated heterocycles. The van der Waals surface area contributed by atoms with Gasteiger partial charge in [-0.25, -0.2) is 12.1 Å².